The third-order valence-corrected chi connectivity index (χ3v) is 3.61. The Bertz CT molecular complexity index is 685. The molecule has 7 heteroatoms. The fraction of sp³-hybridized carbons (Fsp3) is 0.429. The van der Waals surface area contributed by atoms with Gasteiger partial charge in [0.2, 0.25) is 0 Å². The molecule has 3 rings (SSSR count). The molecule has 3 N–H and O–H groups in total. The normalized spacial score (nSPS) is 16.2. The Morgan fingerprint density at radius 1 is 1.29 bits per heavy atom. The lowest BCUT2D eigenvalue weighted by molar-refractivity contribution is 0.0383. The molecule has 0 unspecified atom stereocenters. The Morgan fingerprint density at radius 3 is 2.90 bits per heavy atom. The van der Waals surface area contributed by atoms with Gasteiger partial charge in [-0.2, -0.15) is 0 Å². The van der Waals surface area contributed by atoms with Gasteiger partial charge in [0, 0.05) is 26.2 Å². The fourth-order valence-corrected chi connectivity index (χ4v) is 2.50. The minimum absolute atomic E-state index is 0.177. The molecule has 1 saturated heterocycles. The molecule has 0 aliphatic carbocycles. The van der Waals surface area contributed by atoms with Crippen molar-refractivity contribution in [3.63, 3.8) is 0 Å². The van der Waals surface area contributed by atoms with Crippen molar-refractivity contribution >= 4 is 16.9 Å². The molecule has 0 spiro atoms. The van der Waals surface area contributed by atoms with Gasteiger partial charge >= 0.3 is 5.69 Å². The largest absolute Gasteiger partial charge is 0.379 e. The molecule has 0 atom stereocenters. The quantitative estimate of drug-likeness (QED) is 0.734. The predicted octanol–water partition coefficient (Wildman–Crippen LogP) is -0.0818. The van der Waals surface area contributed by atoms with Crippen LogP contribution in [0, 0.1) is 0 Å². The summed E-state index contributed by atoms with van der Waals surface area (Å²) in [5.74, 6) is -0.177. The zero-order valence-electron chi connectivity index (χ0n) is 11.6. The van der Waals surface area contributed by atoms with E-state index in [1.54, 1.807) is 18.2 Å². The first-order chi connectivity index (χ1) is 10.2. The summed E-state index contributed by atoms with van der Waals surface area (Å²) in [5, 5.41) is 2.89. The minimum Gasteiger partial charge on any atom is -0.379 e. The summed E-state index contributed by atoms with van der Waals surface area (Å²) in [6.07, 6.45) is 0. The molecular formula is C14H18N4O3. The highest BCUT2D eigenvalue weighted by atomic mass is 16.5. The topological polar surface area (TPSA) is 90.2 Å². The summed E-state index contributed by atoms with van der Waals surface area (Å²) in [7, 11) is 0. The van der Waals surface area contributed by atoms with E-state index in [4.69, 9.17) is 4.74 Å². The maximum Gasteiger partial charge on any atom is 0.323 e. The molecule has 1 aromatic carbocycles. The van der Waals surface area contributed by atoms with Crippen molar-refractivity contribution in [2.75, 3.05) is 39.4 Å². The van der Waals surface area contributed by atoms with Crippen molar-refractivity contribution < 1.29 is 9.53 Å². The van der Waals surface area contributed by atoms with Crippen LogP contribution in [0.1, 0.15) is 10.4 Å². The Kier molecular flexibility index (Phi) is 4.03. The second-order valence-corrected chi connectivity index (χ2v) is 5.02. The van der Waals surface area contributed by atoms with Gasteiger partial charge in [0.25, 0.3) is 5.91 Å². The third kappa shape index (κ3) is 3.14. The summed E-state index contributed by atoms with van der Waals surface area (Å²) >= 11 is 0. The van der Waals surface area contributed by atoms with Gasteiger partial charge in [0.15, 0.2) is 0 Å². The van der Waals surface area contributed by atoms with Crippen molar-refractivity contribution in [1.29, 1.82) is 0 Å². The number of carbonyl (C=O) groups is 1. The number of hydrogen-bond donors (Lipinski definition) is 3. The van der Waals surface area contributed by atoms with Crippen molar-refractivity contribution in [3.05, 3.63) is 34.2 Å². The lowest BCUT2D eigenvalue weighted by Gasteiger charge is -2.26. The molecule has 7 nitrogen and oxygen atoms in total. The number of benzene rings is 1. The van der Waals surface area contributed by atoms with Crippen LogP contribution in [-0.4, -0.2) is 60.2 Å². The summed E-state index contributed by atoms with van der Waals surface area (Å²) in [4.78, 5) is 31.1. The van der Waals surface area contributed by atoms with E-state index in [0.29, 0.717) is 23.1 Å². The van der Waals surface area contributed by atoms with Crippen molar-refractivity contribution in [2.24, 2.45) is 0 Å². The van der Waals surface area contributed by atoms with E-state index in [1.165, 1.54) is 0 Å². The van der Waals surface area contributed by atoms with Crippen molar-refractivity contribution in [2.45, 2.75) is 0 Å². The van der Waals surface area contributed by atoms with Crippen LogP contribution in [0.4, 0.5) is 0 Å². The van der Waals surface area contributed by atoms with E-state index in [1.807, 2.05) is 0 Å². The molecule has 1 aliphatic rings. The highest BCUT2D eigenvalue weighted by molar-refractivity contribution is 6.04. The zero-order chi connectivity index (χ0) is 14.7. The molecule has 1 aromatic heterocycles. The number of fused-ring (bicyclic) bond motifs is 1. The number of para-hydroxylation sites is 1. The van der Waals surface area contributed by atoms with Crippen LogP contribution in [0.5, 0.6) is 0 Å². The van der Waals surface area contributed by atoms with Gasteiger partial charge in [-0.25, -0.2) is 4.79 Å². The molecule has 2 heterocycles. The van der Waals surface area contributed by atoms with Gasteiger partial charge in [0.05, 0.1) is 29.8 Å². The second kappa shape index (κ2) is 6.11. The van der Waals surface area contributed by atoms with Gasteiger partial charge < -0.3 is 20.0 Å². The van der Waals surface area contributed by atoms with E-state index in [0.717, 1.165) is 32.8 Å². The highest BCUT2D eigenvalue weighted by Gasteiger charge is 2.13. The van der Waals surface area contributed by atoms with E-state index >= 15 is 0 Å². The number of aromatic nitrogens is 2. The van der Waals surface area contributed by atoms with E-state index in [-0.39, 0.29) is 11.6 Å². The number of H-pyrrole nitrogens is 2. The lowest BCUT2D eigenvalue weighted by Crippen LogP contribution is -2.41. The van der Waals surface area contributed by atoms with Gasteiger partial charge in [-0.05, 0) is 12.1 Å². The monoisotopic (exact) mass is 290 g/mol. The maximum absolute atomic E-state index is 12.2. The third-order valence-electron chi connectivity index (χ3n) is 3.61. The molecule has 1 amide bonds. The van der Waals surface area contributed by atoms with E-state index in [9.17, 15) is 9.59 Å². The summed E-state index contributed by atoms with van der Waals surface area (Å²) in [5.41, 5.74) is 1.36. The van der Waals surface area contributed by atoms with Crippen LogP contribution in [0.2, 0.25) is 0 Å². The van der Waals surface area contributed by atoms with Crippen LogP contribution < -0.4 is 11.0 Å². The first-order valence-corrected chi connectivity index (χ1v) is 7.03. The summed E-state index contributed by atoms with van der Waals surface area (Å²) in [6, 6.07) is 5.22. The van der Waals surface area contributed by atoms with Gasteiger partial charge in [-0.1, -0.05) is 6.07 Å². The minimum atomic E-state index is -0.307. The van der Waals surface area contributed by atoms with Crippen LogP contribution >= 0.6 is 0 Å². The number of nitrogens with one attached hydrogen (secondary N) is 3. The Balaban J connectivity index is 1.62. The number of morpholine rings is 1. The fourth-order valence-electron chi connectivity index (χ4n) is 2.50. The van der Waals surface area contributed by atoms with E-state index < -0.39 is 0 Å². The molecular weight excluding hydrogens is 272 g/mol. The average molecular weight is 290 g/mol. The first kappa shape index (κ1) is 13.8. The Hall–Kier alpha value is -2.12. The SMILES string of the molecule is O=C(NCCN1CCOCC1)c1cccc2[nH]c(=O)[nH]c12. The molecule has 1 aliphatic heterocycles. The zero-order valence-corrected chi connectivity index (χ0v) is 11.6. The number of rotatable bonds is 4. The van der Waals surface area contributed by atoms with Gasteiger partial charge in [-0.3, -0.25) is 9.69 Å². The van der Waals surface area contributed by atoms with Gasteiger partial charge in [-0.15, -0.1) is 0 Å². The molecule has 21 heavy (non-hydrogen) atoms. The van der Waals surface area contributed by atoms with Gasteiger partial charge in [0.1, 0.15) is 0 Å². The number of hydrogen-bond acceptors (Lipinski definition) is 4. The van der Waals surface area contributed by atoms with Crippen LogP contribution in [-0.2, 0) is 4.74 Å². The Labute approximate surface area is 121 Å². The smallest absolute Gasteiger partial charge is 0.323 e. The number of nitrogens with zero attached hydrogens (tertiary/aromatic N) is 1. The summed E-state index contributed by atoms with van der Waals surface area (Å²) < 4.78 is 5.28. The number of aromatic amines is 2. The van der Waals surface area contributed by atoms with Crippen molar-refractivity contribution in [3.8, 4) is 0 Å². The molecule has 112 valence electrons. The number of ether oxygens (including phenoxy) is 1. The van der Waals surface area contributed by atoms with E-state index in [2.05, 4.69) is 20.2 Å². The second-order valence-electron chi connectivity index (χ2n) is 5.02. The number of carbonyl (C=O) groups excluding carboxylic acids is 1. The lowest BCUT2D eigenvalue weighted by atomic mass is 10.1. The van der Waals surface area contributed by atoms with Crippen molar-refractivity contribution in [1.82, 2.24) is 20.2 Å². The number of amides is 1. The maximum atomic E-state index is 12.2. The molecule has 2 aromatic rings. The van der Waals surface area contributed by atoms with Crippen LogP contribution in [0.15, 0.2) is 23.0 Å². The molecule has 0 bridgehead atoms. The van der Waals surface area contributed by atoms with Crippen LogP contribution in [0.3, 0.4) is 0 Å². The average Bonchev–Trinajstić information content (AvgIpc) is 2.88. The molecule has 0 radical (unpaired) electrons. The standard InChI is InChI=1S/C14H18N4O3/c19-13(15-4-5-18-6-8-21-9-7-18)10-2-1-3-11-12(10)17-14(20)16-11/h1-3H,4-9H2,(H,15,19)(H2,16,17,20). The molecule has 0 saturated carbocycles. The van der Waals surface area contributed by atoms with Crippen LogP contribution in [0.25, 0.3) is 11.0 Å². The first-order valence-electron chi connectivity index (χ1n) is 7.03. The predicted molar refractivity (Wildman–Crippen MR) is 78.5 cm³/mol. The Morgan fingerprint density at radius 2 is 2.10 bits per heavy atom. The summed E-state index contributed by atoms with van der Waals surface area (Å²) in [6.45, 7) is 4.67. The number of imidazole rings is 1. The highest BCUT2D eigenvalue weighted by Crippen LogP contribution is 2.12. The molecule has 1 fully saturated rings.